The summed E-state index contributed by atoms with van der Waals surface area (Å²) < 4.78 is 19.2. The fraction of sp³-hybridized carbons (Fsp3) is 0.200. The average Bonchev–Trinajstić information content (AvgIpc) is 2.48. The van der Waals surface area contributed by atoms with E-state index in [1.54, 1.807) is 12.1 Å². The molecule has 1 aromatic carbocycles. The van der Waals surface area contributed by atoms with Gasteiger partial charge in [-0.25, -0.2) is 4.39 Å². The molecule has 0 unspecified atom stereocenters. The molecule has 110 valence electrons. The van der Waals surface area contributed by atoms with Gasteiger partial charge in [0.1, 0.15) is 23.0 Å². The van der Waals surface area contributed by atoms with E-state index in [1.807, 2.05) is 6.92 Å². The van der Waals surface area contributed by atoms with Crippen LogP contribution < -0.4 is 15.8 Å². The fourth-order valence-corrected chi connectivity index (χ4v) is 1.81. The van der Waals surface area contributed by atoms with Crippen LogP contribution in [0.3, 0.4) is 0 Å². The Morgan fingerprint density at radius 2 is 2.24 bits per heavy atom. The highest BCUT2D eigenvalue weighted by Crippen LogP contribution is 2.27. The van der Waals surface area contributed by atoms with Crippen LogP contribution in [-0.4, -0.2) is 17.4 Å². The number of carbonyl (C=O) groups excluding carboxylic acids is 1. The number of nitrogens with one attached hydrogen (secondary N) is 1. The molecule has 1 heterocycles. The number of hydrogen-bond donors (Lipinski definition) is 2. The van der Waals surface area contributed by atoms with E-state index in [0.29, 0.717) is 18.0 Å². The Morgan fingerprint density at radius 3 is 2.95 bits per heavy atom. The second-order valence-corrected chi connectivity index (χ2v) is 4.26. The highest BCUT2D eigenvalue weighted by Gasteiger charge is 2.11. The van der Waals surface area contributed by atoms with Crippen molar-refractivity contribution in [3.8, 4) is 11.5 Å². The van der Waals surface area contributed by atoms with Crippen LogP contribution in [0.1, 0.15) is 23.0 Å². The number of rotatable bonds is 5. The van der Waals surface area contributed by atoms with E-state index < -0.39 is 5.82 Å². The highest BCUT2D eigenvalue weighted by atomic mass is 19.1. The summed E-state index contributed by atoms with van der Waals surface area (Å²) in [4.78, 5) is 15.7. The molecule has 1 amide bonds. The van der Waals surface area contributed by atoms with Crippen molar-refractivity contribution in [2.75, 3.05) is 6.54 Å². The van der Waals surface area contributed by atoms with Crippen LogP contribution in [0.5, 0.6) is 11.5 Å². The lowest BCUT2D eigenvalue weighted by molar-refractivity contribution is 0.0950. The van der Waals surface area contributed by atoms with Crippen LogP contribution in [0.25, 0.3) is 0 Å². The molecule has 0 saturated carbocycles. The predicted molar refractivity (Wildman–Crippen MR) is 76.6 cm³/mol. The molecule has 21 heavy (non-hydrogen) atoms. The zero-order valence-electron chi connectivity index (χ0n) is 11.6. The Balaban J connectivity index is 2.26. The van der Waals surface area contributed by atoms with E-state index in [2.05, 4.69) is 10.3 Å². The maximum atomic E-state index is 13.6. The Hall–Kier alpha value is -2.47. The Kier molecular flexibility index (Phi) is 4.84. The zero-order chi connectivity index (χ0) is 15.2. The largest absolute Gasteiger partial charge is 0.457 e. The lowest BCUT2D eigenvalue weighted by Crippen LogP contribution is -2.23. The molecule has 0 aliphatic rings. The van der Waals surface area contributed by atoms with Crippen LogP contribution in [0.15, 0.2) is 36.5 Å². The second kappa shape index (κ2) is 6.81. The normalized spacial score (nSPS) is 10.2. The SMILES string of the molecule is CCNC(=O)c1cc(Oc2cccc(F)c2CN)ccn1. The minimum atomic E-state index is -0.423. The Labute approximate surface area is 121 Å². The maximum absolute atomic E-state index is 13.6. The van der Waals surface area contributed by atoms with E-state index in [0.717, 1.165) is 0 Å². The van der Waals surface area contributed by atoms with Gasteiger partial charge < -0.3 is 15.8 Å². The van der Waals surface area contributed by atoms with Gasteiger partial charge >= 0.3 is 0 Å². The first-order valence-corrected chi connectivity index (χ1v) is 6.55. The first kappa shape index (κ1) is 14.9. The third kappa shape index (κ3) is 3.55. The molecule has 0 aliphatic carbocycles. The molecule has 0 fully saturated rings. The summed E-state index contributed by atoms with van der Waals surface area (Å²) in [6, 6.07) is 7.57. The number of ether oxygens (including phenoxy) is 1. The van der Waals surface area contributed by atoms with Crippen molar-refractivity contribution in [2.45, 2.75) is 13.5 Å². The Morgan fingerprint density at radius 1 is 1.43 bits per heavy atom. The minimum absolute atomic E-state index is 0.0241. The molecule has 1 aromatic heterocycles. The van der Waals surface area contributed by atoms with Gasteiger partial charge in [-0.3, -0.25) is 9.78 Å². The van der Waals surface area contributed by atoms with Gasteiger partial charge in [-0.2, -0.15) is 0 Å². The predicted octanol–water partition coefficient (Wildman–Crippen LogP) is 2.22. The third-order valence-corrected chi connectivity index (χ3v) is 2.81. The number of aromatic nitrogens is 1. The molecule has 2 aromatic rings. The van der Waals surface area contributed by atoms with Gasteiger partial charge in [-0.15, -0.1) is 0 Å². The van der Waals surface area contributed by atoms with Gasteiger partial charge in [0, 0.05) is 30.9 Å². The molecule has 0 spiro atoms. The van der Waals surface area contributed by atoms with Crippen LogP contribution >= 0.6 is 0 Å². The summed E-state index contributed by atoms with van der Waals surface area (Å²) in [6.45, 7) is 2.35. The number of nitrogens with zero attached hydrogens (tertiary/aromatic N) is 1. The van der Waals surface area contributed by atoms with Gasteiger partial charge in [0.25, 0.3) is 5.91 Å². The molecule has 0 bridgehead atoms. The first-order chi connectivity index (χ1) is 10.2. The van der Waals surface area contributed by atoms with Gasteiger partial charge in [-0.05, 0) is 25.1 Å². The lowest BCUT2D eigenvalue weighted by atomic mass is 10.2. The van der Waals surface area contributed by atoms with Crippen molar-refractivity contribution in [2.24, 2.45) is 5.73 Å². The third-order valence-electron chi connectivity index (χ3n) is 2.81. The van der Waals surface area contributed by atoms with Crippen LogP contribution in [0, 0.1) is 5.82 Å². The zero-order valence-corrected chi connectivity index (χ0v) is 11.6. The first-order valence-electron chi connectivity index (χ1n) is 6.55. The van der Waals surface area contributed by atoms with Crippen molar-refractivity contribution in [1.29, 1.82) is 0 Å². The quantitative estimate of drug-likeness (QED) is 0.884. The second-order valence-electron chi connectivity index (χ2n) is 4.26. The number of halogens is 1. The minimum Gasteiger partial charge on any atom is -0.457 e. The summed E-state index contributed by atoms with van der Waals surface area (Å²) in [5.74, 6) is 0.00588. The fourth-order valence-electron chi connectivity index (χ4n) is 1.81. The van der Waals surface area contributed by atoms with Crippen molar-refractivity contribution in [3.05, 3.63) is 53.6 Å². The molecule has 2 rings (SSSR count). The van der Waals surface area contributed by atoms with Gasteiger partial charge in [0.15, 0.2) is 0 Å². The molecular formula is C15H16FN3O2. The van der Waals surface area contributed by atoms with Crippen molar-refractivity contribution >= 4 is 5.91 Å². The summed E-state index contributed by atoms with van der Waals surface area (Å²) in [5, 5.41) is 2.65. The van der Waals surface area contributed by atoms with Crippen molar-refractivity contribution in [3.63, 3.8) is 0 Å². The molecular weight excluding hydrogens is 273 g/mol. The van der Waals surface area contributed by atoms with Crippen LogP contribution in [0.2, 0.25) is 0 Å². The van der Waals surface area contributed by atoms with E-state index in [-0.39, 0.29) is 23.7 Å². The molecule has 0 saturated heterocycles. The molecule has 6 heteroatoms. The van der Waals surface area contributed by atoms with E-state index >= 15 is 0 Å². The lowest BCUT2D eigenvalue weighted by Gasteiger charge is -2.11. The van der Waals surface area contributed by atoms with E-state index in [1.165, 1.54) is 24.4 Å². The van der Waals surface area contributed by atoms with Crippen LogP contribution in [-0.2, 0) is 6.54 Å². The monoisotopic (exact) mass is 289 g/mol. The maximum Gasteiger partial charge on any atom is 0.270 e. The Bertz CT molecular complexity index is 647. The summed E-state index contributed by atoms with van der Waals surface area (Å²) in [7, 11) is 0. The van der Waals surface area contributed by atoms with Gasteiger partial charge in [-0.1, -0.05) is 6.07 Å². The van der Waals surface area contributed by atoms with Crippen molar-refractivity contribution in [1.82, 2.24) is 10.3 Å². The molecule has 0 atom stereocenters. The number of hydrogen-bond acceptors (Lipinski definition) is 4. The van der Waals surface area contributed by atoms with E-state index in [9.17, 15) is 9.18 Å². The number of pyridine rings is 1. The number of benzene rings is 1. The average molecular weight is 289 g/mol. The number of nitrogens with two attached hydrogens (primary N) is 1. The van der Waals surface area contributed by atoms with E-state index in [4.69, 9.17) is 10.5 Å². The molecule has 5 nitrogen and oxygen atoms in total. The highest BCUT2D eigenvalue weighted by molar-refractivity contribution is 5.92. The number of carbonyl (C=O) groups is 1. The molecule has 3 N–H and O–H groups in total. The summed E-state index contributed by atoms with van der Waals surface area (Å²) in [6.07, 6.45) is 1.46. The van der Waals surface area contributed by atoms with Crippen molar-refractivity contribution < 1.29 is 13.9 Å². The topological polar surface area (TPSA) is 77.2 Å². The standard InChI is InChI=1S/C15H16FN3O2/c1-2-18-15(20)13-8-10(6-7-19-13)21-14-5-3-4-12(16)11(14)9-17/h3-8H,2,9,17H2,1H3,(H,18,20). The smallest absolute Gasteiger partial charge is 0.270 e. The summed E-state index contributed by atoms with van der Waals surface area (Å²) >= 11 is 0. The molecule has 0 radical (unpaired) electrons. The molecule has 0 aliphatic heterocycles. The van der Waals surface area contributed by atoms with Gasteiger partial charge in [0.2, 0.25) is 0 Å². The number of amides is 1. The van der Waals surface area contributed by atoms with Crippen LogP contribution in [0.4, 0.5) is 4.39 Å². The summed E-state index contributed by atoms with van der Waals surface area (Å²) in [5.41, 5.74) is 6.05. The van der Waals surface area contributed by atoms with Gasteiger partial charge in [0.05, 0.1) is 0 Å².